The highest BCUT2D eigenvalue weighted by molar-refractivity contribution is 8.00. The highest BCUT2D eigenvalue weighted by Crippen LogP contribution is 2.24. The van der Waals surface area contributed by atoms with Crippen molar-refractivity contribution in [3.05, 3.63) is 52.3 Å². The SMILES string of the molecule is C[C@@H](Sc1nnc(Cc2ccc(Cl)cc2)n1C)C(=O)Nc1nccs1. The molecule has 3 aromatic rings. The Bertz CT molecular complexity index is 848. The Morgan fingerprint density at radius 3 is 2.80 bits per heavy atom. The number of hydrogen-bond donors (Lipinski definition) is 1. The highest BCUT2D eigenvalue weighted by Gasteiger charge is 2.19. The van der Waals surface area contributed by atoms with Crippen molar-refractivity contribution in [2.75, 3.05) is 5.32 Å². The lowest BCUT2D eigenvalue weighted by molar-refractivity contribution is -0.115. The number of aromatic nitrogens is 4. The van der Waals surface area contributed by atoms with E-state index in [1.54, 1.807) is 6.20 Å². The van der Waals surface area contributed by atoms with Crippen LogP contribution in [0.15, 0.2) is 41.0 Å². The second kappa shape index (κ2) is 7.99. The average Bonchev–Trinajstić information content (AvgIpc) is 3.22. The predicted octanol–water partition coefficient (Wildman–Crippen LogP) is 3.64. The summed E-state index contributed by atoms with van der Waals surface area (Å²) in [5.74, 6) is 0.722. The molecule has 2 aromatic heterocycles. The molecule has 2 heterocycles. The second-order valence-corrected chi connectivity index (χ2v) is 7.99. The Kier molecular flexibility index (Phi) is 5.72. The maximum atomic E-state index is 12.2. The maximum absolute atomic E-state index is 12.2. The molecule has 0 fully saturated rings. The number of carbonyl (C=O) groups excluding carboxylic acids is 1. The number of hydrogen-bond acceptors (Lipinski definition) is 6. The minimum Gasteiger partial charge on any atom is -0.309 e. The van der Waals surface area contributed by atoms with E-state index >= 15 is 0 Å². The second-order valence-electron chi connectivity index (χ2n) is 5.35. The van der Waals surface area contributed by atoms with Gasteiger partial charge in [-0.25, -0.2) is 4.98 Å². The number of benzene rings is 1. The van der Waals surface area contributed by atoms with E-state index in [0.717, 1.165) is 11.4 Å². The van der Waals surface area contributed by atoms with Gasteiger partial charge in [0, 0.05) is 30.1 Å². The molecule has 130 valence electrons. The van der Waals surface area contributed by atoms with Crippen molar-refractivity contribution in [3.8, 4) is 0 Å². The topological polar surface area (TPSA) is 72.7 Å². The molecule has 6 nitrogen and oxygen atoms in total. The molecule has 0 aliphatic rings. The van der Waals surface area contributed by atoms with Crippen LogP contribution in [0.5, 0.6) is 0 Å². The lowest BCUT2D eigenvalue weighted by Crippen LogP contribution is -2.22. The third-order valence-corrected chi connectivity index (χ3v) is 5.59. The molecule has 0 radical (unpaired) electrons. The summed E-state index contributed by atoms with van der Waals surface area (Å²) < 4.78 is 1.91. The Hall–Kier alpha value is -1.90. The van der Waals surface area contributed by atoms with E-state index in [9.17, 15) is 4.79 Å². The summed E-state index contributed by atoms with van der Waals surface area (Å²) in [6.07, 6.45) is 2.31. The van der Waals surface area contributed by atoms with E-state index < -0.39 is 0 Å². The van der Waals surface area contributed by atoms with Crippen LogP contribution >= 0.6 is 34.7 Å². The molecule has 0 aliphatic carbocycles. The minimum absolute atomic E-state index is 0.109. The van der Waals surface area contributed by atoms with Gasteiger partial charge in [-0.05, 0) is 24.6 Å². The number of nitrogens with one attached hydrogen (secondary N) is 1. The summed E-state index contributed by atoms with van der Waals surface area (Å²) in [5, 5.41) is 14.7. The molecule has 3 rings (SSSR count). The number of anilines is 1. The Morgan fingerprint density at radius 1 is 1.36 bits per heavy atom. The van der Waals surface area contributed by atoms with Crippen LogP contribution < -0.4 is 5.32 Å². The number of thiazole rings is 1. The molecule has 0 unspecified atom stereocenters. The van der Waals surface area contributed by atoms with Gasteiger partial charge in [0.05, 0.1) is 5.25 Å². The number of halogens is 1. The standard InChI is InChI=1S/C16H16ClN5OS2/c1-10(14(23)19-15-18-7-8-24-15)25-16-21-20-13(22(16)2)9-11-3-5-12(17)6-4-11/h3-8,10H,9H2,1-2H3,(H,18,19,23)/t10-/m1/s1. The Balaban J connectivity index is 1.64. The first-order chi connectivity index (χ1) is 12.0. The van der Waals surface area contributed by atoms with Gasteiger partial charge in [0.15, 0.2) is 10.3 Å². The maximum Gasteiger partial charge on any atom is 0.239 e. The quantitative estimate of drug-likeness (QED) is 0.647. The number of rotatable bonds is 6. The lowest BCUT2D eigenvalue weighted by atomic mass is 10.1. The molecule has 1 N–H and O–H groups in total. The Morgan fingerprint density at radius 2 is 2.12 bits per heavy atom. The van der Waals surface area contributed by atoms with Crippen LogP contribution in [0.2, 0.25) is 5.02 Å². The first-order valence-electron chi connectivity index (χ1n) is 7.52. The third-order valence-electron chi connectivity index (χ3n) is 3.51. The first-order valence-corrected chi connectivity index (χ1v) is 9.66. The minimum atomic E-state index is -0.310. The van der Waals surface area contributed by atoms with E-state index in [-0.39, 0.29) is 11.2 Å². The first kappa shape index (κ1) is 17.9. The van der Waals surface area contributed by atoms with Crippen LogP contribution in [-0.2, 0) is 18.3 Å². The zero-order valence-electron chi connectivity index (χ0n) is 13.6. The van der Waals surface area contributed by atoms with E-state index in [4.69, 9.17) is 11.6 Å². The highest BCUT2D eigenvalue weighted by atomic mass is 35.5. The molecular weight excluding hydrogens is 378 g/mol. The largest absolute Gasteiger partial charge is 0.309 e. The van der Waals surface area contributed by atoms with Gasteiger partial charge in [-0.2, -0.15) is 0 Å². The van der Waals surface area contributed by atoms with E-state index in [1.807, 2.05) is 48.2 Å². The number of amides is 1. The Labute approximate surface area is 158 Å². The summed E-state index contributed by atoms with van der Waals surface area (Å²) in [5.41, 5.74) is 1.10. The zero-order chi connectivity index (χ0) is 17.8. The number of thioether (sulfide) groups is 1. The summed E-state index contributed by atoms with van der Waals surface area (Å²) in [6.45, 7) is 1.83. The van der Waals surface area contributed by atoms with E-state index in [0.29, 0.717) is 21.7 Å². The van der Waals surface area contributed by atoms with Gasteiger partial charge in [0.2, 0.25) is 5.91 Å². The van der Waals surface area contributed by atoms with Crippen molar-refractivity contribution in [1.29, 1.82) is 0 Å². The van der Waals surface area contributed by atoms with Crippen molar-refractivity contribution in [2.45, 2.75) is 23.8 Å². The van der Waals surface area contributed by atoms with Crippen LogP contribution in [0, 0.1) is 0 Å². The van der Waals surface area contributed by atoms with Crippen LogP contribution in [0.25, 0.3) is 0 Å². The monoisotopic (exact) mass is 393 g/mol. The average molecular weight is 394 g/mol. The molecule has 0 bridgehead atoms. The molecule has 1 aromatic carbocycles. The smallest absolute Gasteiger partial charge is 0.239 e. The zero-order valence-corrected chi connectivity index (χ0v) is 16.0. The van der Waals surface area contributed by atoms with Gasteiger partial charge >= 0.3 is 0 Å². The fraction of sp³-hybridized carbons (Fsp3) is 0.250. The molecule has 0 aliphatic heterocycles. The van der Waals surface area contributed by atoms with Crippen molar-refractivity contribution >= 4 is 45.7 Å². The lowest BCUT2D eigenvalue weighted by Gasteiger charge is -2.10. The van der Waals surface area contributed by atoms with Gasteiger partial charge in [0.1, 0.15) is 5.82 Å². The predicted molar refractivity (Wildman–Crippen MR) is 101 cm³/mol. The molecular formula is C16H16ClN5OS2. The van der Waals surface area contributed by atoms with Crippen molar-refractivity contribution < 1.29 is 4.79 Å². The number of nitrogens with zero attached hydrogens (tertiary/aromatic N) is 4. The number of carbonyl (C=O) groups is 1. The summed E-state index contributed by atoms with van der Waals surface area (Å²) in [4.78, 5) is 16.3. The molecule has 25 heavy (non-hydrogen) atoms. The van der Waals surface area contributed by atoms with Crippen LogP contribution in [-0.4, -0.2) is 30.9 Å². The van der Waals surface area contributed by atoms with Crippen molar-refractivity contribution in [3.63, 3.8) is 0 Å². The van der Waals surface area contributed by atoms with Crippen LogP contribution in [0.4, 0.5) is 5.13 Å². The molecule has 1 amide bonds. The molecule has 1 atom stereocenters. The summed E-state index contributed by atoms with van der Waals surface area (Å²) >= 11 is 8.67. The molecule has 0 saturated carbocycles. The van der Waals surface area contributed by atoms with Crippen molar-refractivity contribution in [1.82, 2.24) is 19.7 Å². The van der Waals surface area contributed by atoms with Gasteiger partial charge in [0.25, 0.3) is 0 Å². The van der Waals surface area contributed by atoms with Crippen molar-refractivity contribution in [2.24, 2.45) is 7.05 Å². The summed E-state index contributed by atoms with van der Waals surface area (Å²) in [6, 6.07) is 7.64. The van der Waals surface area contributed by atoms with Gasteiger partial charge in [-0.3, -0.25) is 4.79 Å². The van der Waals surface area contributed by atoms with E-state index in [2.05, 4.69) is 20.5 Å². The fourth-order valence-electron chi connectivity index (χ4n) is 2.09. The molecule has 0 saturated heterocycles. The van der Waals surface area contributed by atoms with Gasteiger partial charge < -0.3 is 9.88 Å². The molecule has 9 heteroatoms. The van der Waals surface area contributed by atoms with Gasteiger partial charge in [-0.15, -0.1) is 21.5 Å². The fourth-order valence-corrected chi connectivity index (χ4v) is 3.58. The van der Waals surface area contributed by atoms with E-state index in [1.165, 1.54) is 23.1 Å². The van der Waals surface area contributed by atoms with Gasteiger partial charge in [-0.1, -0.05) is 35.5 Å². The van der Waals surface area contributed by atoms with Crippen LogP contribution in [0.3, 0.4) is 0 Å². The normalized spacial score (nSPS) is 12.1. The van der Waals surface area contributed by atoms with Crippen LogP contribution in [0.1, 0.15) is 18.3 Å². The summed E-state index contributed by atoms with van der Waals surface area (Å²) in [7, 11) is 1.90. The molecule has 0 spiro atoms. The third kappa shape index (κ3) is 4.59.